The van der Waals surface area contributed by atoms with Gasteiger partial charge in [0.25, 0.3) is 0 Å². The van der Waals surface area contributed by atoms with Crippen molar-refractivity contribution >= 4 is 5.91 Å². The van der Waals surface area contributed by atoms with Gasteiger partial charge in [0.15, 0.2) is 11.5 Å². The lowest BCUT2D eigenvalue weighted by Crippen LogP contribution is -2.27. The first-order chi connectivity index (χ1) is 12.5. The molecular weight excluding hydrogens is 330 g/mol. The highest BCUT2D eigenvalue weighted by molar-refractivity contribution is 5.76. The number of carbonyl (C=O) groups excluding carboxylic acids is 1. The molecule has 140 valence electrons. The fourth-order valence-electron chi connectivity index (χ4n) is 2.88. The van der Waals surface area contributed by atoms with Crippen molar-refractivity contribution in [1.29, 1.82) is 0 Å². The van der Waals surface area contributed by atoms with Crippen molar-refractivity contribution < 1.29 is 19.0 Å². The molecule has 1 N–H and O–H groups in total. The van der Waals surface area contributed by atoms with Crippen molar-refractivity contribution in [2.45, 2.75) is 32.7 Å². The molecule has 0 aliphatic rings. The molecule has 2 aromatic carbocycles. The molecule has 0 aromatic heterocycles. The van der Waals surface area contributed by atoms with Gasteiger partial charge in [-0.05, 0) is 44.0 Å². The summed E-state index contributed by atoms with van der Waals surface area (Å²) in [7, 11) is 4.84. The highest BCUT2D eigenvalue weighted by Crippen LogP contribution is 2.28. The van der Waals surface area contributed by atoms with Crippen LogP contribution in [0.15, 0.2) is 36.4 Å². The SMILES string of the molecule is COc1ccc(CCC(=O)N[C@@H](C)c2cc(C)ccc2OC)cc1OC. The zero-order chi connectivity index (χ0) is 19.1. The molecule has 5 nitrogen and oxygen atoms in total. The van der Waals surface area contributed by atoms with Gasteiger partial charge in [-0.3, -0.25) is 4.79 Å². The standard InChI is InChI=1S/C21H27NO4/c1-14-6-9-18(24-3)17(12-14)15(2)22-21(23)11-8-16-7-10-19(25-4)20(13-16)26-5/h6-7,9-10,12-13,15H,8,11H2,1-5H3,(H,22,23)/t15-/m0/s1. The lowest BCUT2D eigenvalue weighted by molar-refractivity contribution is -0.121. The highest BCUT2D eigenvalue weighted by Gasteiger charge is 2.14. The minimum atomic E-state index is -0.122. The van der Waals surface area contributed by atoms with Crippen LogP contribution in [0.5, 0.6) is 17.2 Å². The molecule has 0 aliphatic carbocycles. The molecule has 0 saturated carbocycles. The quantitative estimate of drug-likeness (QED) is 0.780. The fraction of sp³-hybridized carbons (Fsp3) is 0.381. The molecule has 0 bridgehead atoms. The first-order valence-electron chi connectivity index (χ1n) is 8.63. The van der Waals surface area contributed by atoms with Crippen molar-refractivity contribution in [1.82, 2.24) is 5.32 Å². The normalized spacial score (nSPS) is 11.6. The topological polar surface area (TPSA) is 56.8 Å². The Labute approximate surface area is 155 Å². The van der Waals surface area contributed by atoms with Crippen LogP contribution >= 0.6 is 0 Å². The van der Waals surface area contributed by atoms with Gasteiger partial charge in [-0.2, -0.15) is 0 Å². The summed E-state index contributed by atoms with van der Waals surface area (Å²) in [6.45, 7) is 3.99. The Morgan fingerprint density at radius 1 is 0.962 bits per heavy atom. The van der Waals surface area contributed by atoms with Gasteiger partial charge in [-0.25, -0.2) is 0 Å². The number of carbonyl (C=O) groups is 1. The van der Waals surface area contributed by atoms with Gasteiger partial charge < -0.3 is 19.5 Å². The summed E-state index contributed by atoms with van der Waals surface area (Å²) < 4.78 is 15.9. The largest absolute Gasteiger partial charge is 0.496 e. The van der Waals surface area contributed by atoms with Crippen molar-refractivity contribution in [2.24, 2.45) is 0 Å². The summed E-state index contributed by atoms with van der Waals surface area (Å²) in [5.74, 6) is 2.13. The predicted molar refractivity (Wildman–Crippen MR) is 102 cm³/mol. The van der Waals surface area contributed by atoms with Crippen LogP contribution in [0.1, 0.15) is 36.1 Å². The number of ether oxygens (including phenoxy) is 3. The van der Waals surface area contributed by atoms with Gasteiger partial charge in [0, 0.05) is 12.0 Å². The minimum Gasteiger partial charge on any atom is -0.496 e. The van der Waals surface area contributed by atoms with E-state index in [1.165, 1.54) is 0 Å². The Bertz CT molecular complexity index is 758. The monoisotopic (exact) mass is 357 g/mol. The third kappa shape index (κ3) is 4.91. The van der Waals surface area contributed by atoms with E-state index in [-0.39, 0.29) is 11.9 Å². The maximum Gasteiger partial charge on any atom is 0.220 e. The second-order valence-electron chi connectivity index (χ2n) is 6.22. The molecule has 0 heterocycles. The van der Waals surface area contributed by atoms with Crippen LogP contribution in [0.4, 0.5) is 0 Å². The number of hydrogen-bond donors (Lipinski definition) is 1. The highest BCUT2D eigenvalue weighted by atomic mass is 16.5. The molecule has 0 spiro atoms. The molecule has 0 aliphatic heterocycles. The van der Waals surface area contributed by atoms with E-state index >= 15 is 0 Å². The zero-order valence-electron chi connectivity index (χ0n) is 16.1. The van der Waals surface area contributed by atoms with E-state index in [4.69, 9.17) is 14.2 Å². The van der Waals surface area contributed by atoms with Crippen LogP contribution in [-0.2, 0) is 11.2 Å². The van der Waals surface area contributed by atoms with E-state index in [1.807, 2.05) is 50.2 Å². The summed E-state index contributed by atoms with van der Waals surface area (Å²) in [5.41, 5.74) is 3.14. The number of hydrogen-bond acceptors (Lipinski definition) is 4. The molecule has 26 heavy (non-hydrogen) atoms. The maximum absolute atomic E-state index is 12.4. The van der Waals surface area contributed by atoms with E-state index in [1.54, 1.807) is 21.3 Å². The van der Waals surface area contributed by atoms with Crippen LogP contribution in [0.3, 0.4) is 0 Å². The molecule has 2 aromatic rings. The lowest BCUT2D eigenvalue weighted by atomic mass is 10.0. The number of benzene rings is 2. The Balaban J connectivity index is 1.98. The Morgan fingerprint density at radius 2 is 1.62 bits per heavy atom. The van der Waals surface area contributed by atoms with Gasteiger partial charge >= 0.3 is 0 Å². The zero-order valence-corrected chi connectivity index (χ0v) is 16.1. The smallest absolute Gasteiger partial charge is 0.220 e. The summed E-state index contributed by atoms with van der Waals surface area (Å²) in [5, 5.41) is 3.04. The van der Waals surface area contributed by atoms with Crippen LogP contribution in [0.2, 0.25) is 0 Å². The molecule has 0 saturated heterocycles. The van der Waals surface area contributed by atoms with Crippen molar-refractivity contribution in [3.63, 3.8) is 0 Å². The molecule has 5 heteroatoms. The van der Waals surface area contributed by atoms with Gasteiger partial charge in [-0.15, -0.1) is 0 Å². The van der Waals surface area contributed by atoms with Gasteiger partial charge in [0.2, 0.25) is 5.91 Å². The van der Waals surface area contributed by atoms with E-state index < -0.39 is 0 Å². The van der Waals surface area contributed by atoms with Crippen molar-refractivity contribution in [3.8, 4) is 17.2 Å². The third-order valence-corrected chi connectivity index (χ3v) is 4.32. The minimum absolute atomic E-state index is 0.00385. The van der Waals surface area contributed by atoms with Gasteiger partial charge in [-0.1, -0.05) is 23.8 Å². The number of methoxy groups -OCH3 is 3. The van der Waals surface area contributed by atoms with Gasteiger partial charge in [0.05, 0.1) is 27.4 Å². The number of aryl methyl sites for hydroxylation is 2. The fourth-order valence-corrected chi connectivity index (χ4v) is 2.88. The molecule has 0 unspecified atom stereocenters. The molecule has 1 atom stereocenters. The Morgan fingerprint density at radius 3 is 2.27 bits per heavy atom. The average Bonchev–Trinajstić information content (AvgIpc) is 2.65. The molecule has 0 fully saturated rings. The van der Waals surface area contributed by atoms with Crippen LogP contribution in [-0.4, -0.2) is 27.2 Å². The average molecular weight is 357 g/mol. The Kier molecular flexibility index (Phi) is 6.89. The van der Waals surface area contributed by atoms with Crippen LogP contribution < -0.4 is 19.5 Å². The number of nitrogens with one attached hydrogen (secondary N) is 1. The maximum atomic E-state index is 12.4. The van der Waals surface area contributed by atoms with Gasteiger partial charge in [0.1, 0.15) is 5.75 Å². The summed E-state index contributed by atoms with van der Waals surface area (Å²) >= 11 is 0. The lowest BCUT2D eigenvalue weighted by Gasteiger charge is -2.18. The van der Waals surface area contributed by atoms with Crippen LogP contribution in [0, 0.1) is 6.92 Å². The molecule has 0 radical (unpaired) electrons. The first-order valence-corrected chi connectivity index (χ1v) is 8.63. The van der Waals surface area contributed by atoms with E-state index in [0.717, 1.165) is 22.4 Å². The van der Waals surface area contributed by atoms with E-state index in [0.29, 0.717) is 24.3 Å². The summed E-state index contributed by atoms with van der Waals surface area (Å²) in [6.07, 6.45) is 1.03. The summed E-state index contributed by atoms with van der Waals surface area (Å²) in [4.78, 5) is 12.4. The number of amides is 1. The molecule has 2 rings (SSSR count). The molecular formula is C21H27NO4. The second-order valence-corrected chi connectivity index (χ2v) is 6.22. The third-order valence-electron chi connectivity index (χ3n) is 4.32. The Hall–Kier alpha value is -2.69. The summed E-state index contributed by atoms with van der Waals surface area (Å²) in [6, 6.07) is 11.5. The first kappa shape index (κ1) is 19.6. The molecule has 1 amide bonds. The second kappa shape index (κ2) is 9.13. The van der Waals surface area contributed by atoms with Crippen molar-refractivity contribution in [2.75, 3.05) is 21.3 Å². The predicted octanol–water partition coefficient (Wildman–Crippen LogP) is 3.83. The van der Waals surface area contributed by atoms with Crippen LogP contribution in [0.25, 0.3) is 0 Å². The van der Waals surface area contributed by atoms with Crippen molar-refractivity contribution in [3.05, 3.63) is 53.1 Å². The van der Waals surface area contributed by atoms with E-state index in [2.05, 4.69) is 5.32 Å². The van der Waals surface area contributed by atoms with E-state index in [9.17, 15) is 4.79 Å². The number of rotatable bonds is 8.